The number of aliphatic hydroxyl groups excluding tert-OH is 1. The largest absolute Gasteiger partial charge is 0.488 e. The molecule has 19 heavy (non-hydrogen) atoms. The predicted molar refractivity (Wildman–Crippen MR) is 77.9 cm³/mol. The number of benzene rings is 1. The van der Waals surface area contributed by atoms with Gasteiger partial charge in [-0.05, 0) is 50.9 Å². The molecule has 0 aromatic heterocycles. The molecule has 0 radical (unpaired) electrons. The third kappa shape index (κ3) is 4.68. The third-order valence-corrected chi connectivity index (χ3v) is 3.79. The Bertz CT molecular complexity index is 386. The summed E-state index contributed by atoms with van der Waals surface area (Å²) in [4.78, 5) is 2.42. The lowest BCUT2D eigenvalue weighted by Crippen LogP contribution is -2.41. The molecule has 1 N–H and O–H groups in total. The minimum absolute atomic E-state index is 0.225. The van der Waals surface area contributed by atoms with Crippen molar-refractivity contribution in [2.45, 2.75) is 31.8 Å². The molecule has 0 bridgehead atoms. The Labute approximate surface area is 120 Å². The second-order valence-corrected chi connectivity index (χ2v) is 5.45. The van der Waals surface area contributed by atoms with Crippen LogP contribution in [0.25, 0.3) is 0 Å². The maximum absolute atomic E-state index is 8.82. The highest BCUT2D eigenvalue weighted by atomic mass is 35.5. The number of nitrogens with zero attached hydrogens (tertiary/aromatic N) is 1. The molecule has 1 saturated heterocycles. The number of unbranched alkanes of at least 4 members (excludes halogenated alkanes) is 1. The number of rotatable bonds is 6. The number of hydrogen-bond donors (Lipinski definition) is 1. The molecule has 1 aliphatic heterocycles. The van der Waals surface area contributed by atoms with Crippen molar-refractivity contribution in [3.05, 3.63) is 29.3 Å². The van der Waals surface area contributed by atoms with Crippen molar-refractivity contribution in [1.29, 1.82) is 0 Å². The number of hydrogen-bond acceptors (Lipinski definition) is 3. The topological polar surface area (TPSA) is 32.7 Å². The maximum Gasteiger partial charge on any atom is 0.138 e. The standard InChI is InChI=1S/C15H22ClNO2/c16-14-7-1-2-8-15(14)19-13-6-5-10-17(12-13)9-3-4-11-18/h1-2,7-8,13,18H,3-6,9-12H2. The van der Waals surface area contributed by atoms with Crippen LogP contribution in [0.5, 0.6) is 5.75 Å². The molecule has 0 saturated carbocycles. The molecule has 3 nitrogen and oxygen atoms in total. The summed E-state index contributed by atoms with van der Waals surface area (Å²) in [6, 6.07) is 7.64. The van der Waals surface area contributed by atoms with Gasteiger partial charge in [0.2, 0.25) is 0 Å². The lowest BCUT2D eigenvalue weighted by atomic mass is 10.1. The molecule has 0 amide bonds. The fourth-order valence-corrected chi connectivity index (χ4v) is 2.66. The van der Waals surface area contributed by atoms with Gasteiger partial charge in [-0.1, -0.05) is 23.7 Å². The summed E-state index contributed by atoms with van der Waals surface area (Å²) >= 11 is 6.12. The summed E-state index contributed by atoms with van der Waals surface area (Å²) in [5, 5.41) is 9.50. The predicted octanol–water partition coefficient (Wildman–Crippen LogP) is 2.96. The van der Waals surface area contributed by atoms with Gasteiger partial charge < -0.3 is 9.84 Å². The number of piperidine rings is 1. The Hall–Kier alpha value is -0.770. The monoisotopic (exact) mass is 283 g/mol. The zero-order valence-corrected chi connectivity index (χ0v) is 12.0. The van der Waals surface area contributed by atoms with Crippen molar-refractivity contribution in [3.63, 3.8) is 0 Å². The summed E-state index contributed by atoms with van der Waals surface area (Å²) in [7, 11) is 0. The molecule has 1 fully saturated rings. The van der Waals surface area contributed by atoms with Crippen LogP contribution in [0, 0.1) is 0 Å². The van der Waals surface area contributed by atoms with Gasteiger partial charge in [-0.15, -0.1) is 0 Å². The first-order valence-corrected chi connectivity index (χ1v) is 7.42. The number of likely N-dealkylation sites (tertiary alicyclic amines) is 1. The molecule has 0 spiro atoms. The van der Waals surface area contributed by atoms with Crippen molar-refractivity contribution in [3.8, 4) is 5.75 Å². The summed E-state index contributed by atoms with van der Waals surface area (Å²) in [5.74, 6) is 0.784. The van der Waals surface area contributed by atoms with Crippen LogP contribution in [-0.2, 0) is 0 Å². The molecule has 0 aliphatic carbocycles. The fourth-order valence-electron chi connectivity index (χ4n) is 2.48. The van der Waals surface area contributed by atoms with E-state index in [0.717, 1.165) is 51.1 Å². The van der Waals surface area contributed by atoms with E-state index in [1.807, 2.05) is 24.3 Å². The van der Waals surface area contributed by atoms with Crippen LogP contribution in [0.1, 0.15) is 25.7 Å². The van der Waals surface area contributed by atoms with Gasteiger partial charge >= 0.3 is 0 Å². The van der Waals surface area contributed by atoms with Gasteiger partial charge in [0.1, 0.15) is 11.9 Å². The summed E-state index contributed by atoms with van der Waals surface area (Å²) in [6.07, 6.45) is 4.40. The molecule has 4 heteroatoms. The minimum atomic E-state index is 0.225. The van der Waals surface area contributed by atoms with E-state index in [-0.39, 0.29) is 12.7 Å². The fraction of sp³-hybridized carbons (Fsp3) is 0.600. The normalized spacial score (nSPS) is 20.4. The molecule has 1 aliphatic rings. The van der Waals surface area contributed by atoms with E-state index in [1.165, 1.54) is 0 Å². The average Bonchev–Trinajstić information content (AvgIpc) is 2.42. The molecule has 2 rings (SSSR count). The van der Waals surface area contributed by atoms with E-state index in [4.69, 9.17) is 21.4 Å². The first-order chi connectivity index (χ1) is 9.29. The lowest BCUT2D eigenvalue weighted by Gasteiger charge is -2.33. The molecule has 1 aromatic carbocycles. The highest BCUT2D eigenvalue weighted by Crippen LogP contribution is 2.26. The van der Waals surface area contributed by atoms with Gasteiger partial charge in [-0.2, -0.15) is 0 Å². The van der Waals surface area contributed by atoms with Gasteiger partial charge in [0.05, 0.1) is 5.02 Å². The quantitative estimate of drug-likeness (QED) is 0.815. The Kier molecular flexibility index (Phi) is 5.95. The van der Waals surface area contributed by atoms with Crippen molar-refractivity contribution < 1.29 is 9.84 Å². The Balaban J connectivity index is 1.82. The van der Waals surface area contributed by atoms with Crippen molar-refractivity contribution >= 4 is 11.6 Å². The van der Waals surface area contributed by atoms with E-state index < -0.39 is 0 Å². The third-order valence-electron chi connectivity index (χ3n) is 3.48. The SMILES string of the molecule is OCCCCN1CCCC(Oc2ccccc2Cl)C1. The first kappa shape index (κ1) is 14.6. The zero-order chi connectivity index (χ0) is 13.5. The van der Waals surface area contributed by atoms with Crippen LogP contribution < -0.4 is 4.74 Å². The summed E-state index contributed by atoms with van der Waals surface area (Å²) in [5.41, 5.74) is 0. The molecular formula is C15H22ClNO2. The average molecular weight is 284 g/mol. The van der Waals surface area contributed by atoms with E-state index in [0.29, 0.717) is 5.02 Å². The van der Waals surface area contributed by atoms with Gasteiger partial charge in [0, 0.05) is 13.2 Å². The van der Waals surface area contributed by atoms with Crippen LogP contribution in [-0.4, -0.2) is 42.4 Å². The van der Waals surface area contributed by atoms with E-state index >= 15 is 0 Å². The highest BCUT2D eigenvalue weighted by Gasteiger charge is 2.21. The first-order valence-electron chi connectivity index (χ1n) is 7.04. The molecule has 106 valence electrons. The zero-order valence-electron chi connectivity index (χ0n) is 11.2. The Morgan fingerprint density at radius 2 is 2.16 bits per heavy atom. The van der Waals surface area contributed by atoms with Crippen molar-refractivity contribution in [2.75, 3.05) is 26.2 Å². The molecule has 1 heterocycles. The Morgan fingerprint density at radius 1 is 1.32 bits per heavy atom. The molecular weight excluding hydrogens is 262 g/mol. The van der Waals surface area contributed by atoms with Crippen LogP contribution in [0.4, 0.5) is 0 Å². The second-order valence-electron chi connectivity index (χ2n) is 5.04. The van der Waals surface area contributed by atoms with Crippen LogP contribution in [0.2, 0.25) is 5.02 Å². The minimum Gasteiger partial charge on any atom is -0.488 e. The van der Waals surface area contributed by atoms with Crippen molar-refractivity contribution in [1.82, 2.24) is 4.90 Å². The number of para-hydroxylation sites is 1. The number of ether oxygens (including phenoxy) is 1. The molecule has 1 atom stereocenters. The maximum atomic E-state index is 8.82. The summed E-state index contributed by atoms with van der Waals surface area (Å²) in [6.45, 7) is 3.42. The van der Waals surface area contributed by atoms with E-state index in [2.05, 4.69) is 4.90 Å². The van der Waals surface area contributed by atoms with Crippen LogP contribution in [0.15, 0.2) is 24.3 Å². The van der Waals surface area contributed by atoms with Gasteiger partial charge in [-0.25, -0.2) is 0 Å². The van der Waals surface area contributed by atoms with Gasteiger partial charge in [-0.3, -0.25) is 4.90 Å². The Morgan fingerprint density at radius 3 is 2.95 bits per heavy atom. The van der Waals surface area contributed by atoms with Crippen molar-refractivity contribution in [2.24, 2.45) is 0 Å². The second kappa shape index (κ2) is 7.73. The van der Waals surface area contributed by atoms with Gasteiger partial charge in [0.25, 0.3) is 0 Å². The summed E-state index contributed by atoms with van der Waals surface area (Å²) < 4.78 is 6.00. The number of aliphatic hydroxyl groups is 1. The van der Waals surface area contributed by atoms with Gasteiger partial charge in [0.15, 0.2) is 0 Å². The molecule has 1 unspecified atom stereocenters. The van der Waals surface area contributed by atoms with Crippen LogP contribution >= 0.6 is 11.6 Å². The van der Waals surface area contributed by atoms with E-state index in [9.17, 15) is 0 Å². The molecule has 1 aromatic rings. The van der Waals surface area contributed by atoms with E-state index in [1.54, 1.807) is 0 Å². The van der Waals surface area contributed by atoms with Crippen LogP contribution in [0.3, 0.4) is 0 Å². The smallest absolute Gasteiger partial charge is 0.138 e. The number of halogens is 1. The highest BCUT2D eigenvalue weighted by molar-refractivity contribution is 6.32. The lowest BCUT2D eigenvalue weighted by molar-refractivity contribution is 0.0866.